The fourth-order valence-corrected chi connectivity index (χ4v) is 9.90. The van der Waals surface area contributed by atoms with Crippen molar-refractivity contribution in [3.63, 3.8) is 0 Å². The molecule has 0 nitrogen and oxygen atoms in total. The van der Waals surface area contributed by atoms with Gasteiger partial charge in [0.2, 0.25) is 0 Å². The summed E-state index contributed by atoms with van der Waals surface area (Å²) in [5.41, 5.74) is 10.8. The maximum atomic E-state index is 2.59. The number of fused-ring (bicyclic) bond motifs is 5. The minimum atomic E-state index is -0.0363. The first kappa shape index (κ1) is 28.8. The Hall–Kier alpha value is -5.98. The van der Waals surface area contributed by atoms with Gasteiger partial charge in [-0.05, 0) is 110 Å². The lowest BCUT2D eigenvalue weighted by Crippen LogP contribution is -2.25. The highest BCUT2D eigenvalue weighted by Gasteiger charge is 2.45. The van der Waals surface area contributed by atoms with Gasteiger partial charge in [-0.3, -0.25) is 0 Å². The van der Waals surface area contributed by atoms with Gasteiger partial charge in [0, 0.05) is 5.92 Å². The molecule has 2 aliphatic carbocycles. The Labute approximate surface area is 298 Å². The van der Waals surface area contributed by atoms with Gasteiger partial charge in [-0.2, -0.15) is 0 Å². The first-order chi connectivity index (χ1) is 25.1. The largest absolute Gasteiger partial charge is 0.0758 e. The SMILES string of the molecule is CC1(C)c2cc(-c3c4ccccc4c(-c4ccccc4)c4ccccc34)ccc2C2C=CC(c3ccc4ccc5cccc6ccc3c4c56)=CC21. The third-order valence-corrected chi connectivity index (χ3v) is 12.3. The molecule has 0 heterocycles. The van der Waals surface area contributed by atoms with Crippen LogP contribution in [0.4, 0.5) is 0 Å². The Kier molecular flexibility index (Phi) is 5.94. The number of rotatable bonds is 3. The fraction of sp³-hybridized carbons (Fsp3) is 0.0980. The van der Waals surface area contributed by atoms with E-state index in [-0.39, 0.29) is 5.41 Å². The van der Waals surface area contributed by atoms with Crippen LogP contribution < -0.4 is 0 Å². The number of benzene rings is 9. The van der Waals surface area contributed by atoms with Gasteiger partial charge in [0.1, 0.15) is 0 Å². The highest BCUT2D eigenvalue weighted by atomic mass is 14.5. The molecular weight excluding hydrogens is 613 g/mol. The number of hydrogen-bond donors (Lipinski definition) is 0. The van der Waals surface area contributed by atoms with E-state index in [9.17, 15) is 0 Å². The fourth-order valence-electron chi connectivity index (χ4n) is 9.90. The predicted molar refractivity (Wildman–Crippen MR) is 219 cm³/mol. The molecule has 0 fully saturated rings. The van der Waals surface area contributed by atoms with Crippen LogP contribution in [0.15, 0.2) is 170 Å². The van der Waals surface area contributed by atoms with Gasteiger partial charge in [-0.1, -0.05) is 184 Å². The summed E-state index contributed by atoms with van der Waals surface area (Å²) in [6.45, 7) is 4.93. The zero-order chi connectivity index (χ0) is 33.8. The van der Waals surface area contributed by atoms with E-state index in [2.05, 4.69) is 184 Å². The van der Waals surface area contributed by atoms with Crippen molar-refractivity contribution < 1.29 is 0 Å². The van der Waals surface area contributed by atoms with Crippen LogP contribution in [0.5, 0.6) is 0 Å². The zero-order valence-corrected chi connectivity index (χ0v) is 28.8. The second kappa shape index (κ2) is 10.5. The van der Waals surface area contributed by atoms with Gasteiger partial charge in [-0.25, -0.2) is 0 Å². The summed E-state index contributed by atoms with van der Waals surface area (Å²) >= 11 is 0. The molecule has 0 aromatic heterocycles. The molecule has 0 heteroatoms. The molecule has 2 unspecified atom stereocenters. The molecule has 0 radical (unpaired) electrons. The summed E-state index contributed by atoms with van der Waals surface area (Å²) in [4.78, 5) is 0. The molecule has 2 aliphatic rings. The molecule has 11 rings (SSSR count). The lowest BCUT2D eigenvalue weighted by Gasteiger charge is -2.31. The molecule has 0 aliphatic heterocycles. The molecule has 9 aromatic rings. The van der Waals surface area contributed by atoms with E-state index in [1.165, 1.54) is 98.4 Å². The van der Waals surface area contributed by atoms with Crippen molar-refractivity contribution in [1.29, 1.82) is 0 Å². The van der Waals surface area contributed by atoms with Crippen molar-refractivity contribution >= 4 is 59.4 Å². The summed E-state index contributed by atoms with van der Waals surface area (Å²) < 4.78 is 0. The van der Waals surface area contributed by atoms with Crippen LogP contribution in [0.1, 0.15) is 36.5 Å². The Morgan fingerprint density at radius 2 is 1.06 bits per heavy atom. The first-order valence-electron chi connectivity index (χ1n) is 18.3. The topological polar surface area (TPSA) is 0 Å². The van der Waals surface area contributed by atoms with Gasteiger partial charge < -0.3 is 0 Å². The van der Waals surface area contributed by atoms with E-state index in [1.54, 1.807) is 0 Å². The van der Waals surface area contributed by atoms with Gasteiger partial charge in [0.05, 0.1) is 0 Å². The molecule has 2 atom stereocenters. The normalized spacial score (nSPS) is 17.8. The molecular formula is C51H36. The molecule has 51 heavy (non-hydrogen) atoms. The lowest BCUT2D eigenvalue weighted by molar-refractivity contribution is 0.395. The maximum absolute atomic E-state index is 2.59. The van der Waals surface area contributed by atoms with E-state index in [4.69, 9.17) is 0 Å². The smallest absolute Gasteiger partial charge is 0.00957 e. The lowest BCUT2D eigenvalue weighted by atomic mass is 9.72. The molecule has 0 saturated heterocycles. The number of allylic oxidation sites excluding steroid dienone is 4. The van der Waals surface area contributed by atoms with Crippen molar-refractivity contribution in [2.75, 3.05) is 0 Å². The average molecular weight is 649 g/mol. The average Bonchev–Trinajstić information content (AvgIpc) is 3.41. The Morgan fingerprint density at radius 3 is 1.75 bits per heavy atom. The van der Waals surface area contributed by atoms with Crippen LogP contribution >= 0.6 is 0 Å². The maximum Gasteiger partial charge on any atom is 0.00957 e. The van der Waals surface area contributed by atoms with Gasteiger partial charge >= 0.3 is 0 Å². The quantitative estimate of drug-likeness (QED) is 0.132. The van der Waals surface area contributed by atoms with E-state index in [0.29, 0.717) is 11.8 Å². The van der Waals surface area contributed by atoms with E-state index < -0.39 is 0 Å². The van der Waals surface area contributed by atoms with Crippen molar-refractivity contribution in [1.82, 2.24) is 0 Å². The highest BCUT2D eigenvalue weighted by molar-refractivity contribution is 6.25. The number of hydrogen-bond acceptors (Lipinski definition) is 0. The van der Waals surface area contributed by atoms with E-state index in [1.807, 2.05) is 0 Å². The van der Waals surface area contributed by atoms with Crippen LogP contribution in [-0.4, -0.2) is 0 Å². The van der Waals surface area contributed by atoms with Gasteiger partial charge in [0.15, 0.2) is 0 Å². The minimum absolute atomic E-state index is 0.0363. The molecule has 0 N–H and O–H groups in total. The summed E-state index contributed by atoms with van der Waals surface area (Å²) in [5.74, 6) is 0.733. The van der Waals surface area contributed by atoms with Gasteiger partial charge in [-0.15, -0.1) is 0 Å². The van der Waals surface area contributed by atoms with E-state index in [0.717, 1.165) is 0 Å². The van der Waals surface area contributed by atoms with E-state index >= 15 is 0 Å². The second-order valence-electron chi connectivity index (χ2n) is 15.2. The second-order valence-corrected chi connectivity index (χ2v) is 15.2. The molecule has 0 spiro atoms. The Balaban J connectivity index is 1.07. The van der Waals surface area contributed by atoms with Gasteiger partial charge in [0.25, 0.3) is 0 Å². The summed E-state index contributed by atoms with van der Waals surface area (Å²) in [7, 11) is 0. The Bertz CT molecular complexity index is 2860. The first-order valence-corrected chi connectivity index (χ1v) is 18.3. The predicted octanol–water partition coefficient (Wildman–Crippen LogP) is 13.9. The van der Waals surface area contributed by atoms with Crippen molar-refractivity contribution in [2.45, 2.75) is 25.2 Å². The third kappa shape index (κ3) is 4.02. The summed E-state index contributed by atoms with van der Waals surface area (Å²) in [6, 6.07) is 56.7. The van der Waals surface area contributed by atoms with Crippen molar-refractivity contribution in [2.24, 2.45) is 5.92 Å². The minimum Gasteiger partial charge on any atom is -0.0758 e. The highest BCUT2D eigenvalue weighted by Crippen LogP contribution is 2.56. The molecule has 0 saturated carbocycles. The van der Waals surface area contributed by atoms with Crippen LogP contribution in [0, 0.1) is 5.92 Å². The Morgan fingerprint density at radius 1 is 0.471 bits per heavy atom. The standard InChI is InChI=1S/C51H36/c1-51(2)45-29-35(37-25-21-34-20-19-32-13-10-14-33-22-28-44(37)50(34)47(32)33)23-26-38(45)39-27-24-36(30-46(39)51)49-42-17-8-6-15-40(42)48(31-11-4-3-5-12-31)41-16-7-9-18-43(41)49/h3-30,38,45H,1-2H3. The van der Waals surface area contributed by atoms with Crippen molar-refractivity contribution in [3.8, 4) is 22.3 Å². The molecule has 0 bridgehead atoms. The van der Waals surface area contributed by atoms with Crippen LogP contribution in [0.2, 0.25) is 0 Å². The van der Waals surface area contributed by atoms with Crippen molar-refractivity contribution in [3.05, 3.63) is 187 Å². The molecule has 9 aromatic carbocycles. The van der Waals surface area contributed by atoms with Crippen LogP contribution in [0.25, 0.3) is 81.7 Å². The summed E-state index contributed by atoms with van der Waals surface area (Å²) in [6.07, 6.45) is 7.48. The monoisotopic (exact) mass is 648 g/mol. The van der Waals surface area contributed by atoms with Crippen LogP contribution in [0.3, 0.4) is 0 Å². The summed E-state index contributed by atoms with van der Waals surface area (Å²) in [5, 5.41) is 13.3. The molecule has 0 amide bonds. The molecule has 240 valence electrons. The van der Waals surface area contributed by atoms with Crippen LogP contribution in [-0.2, 0) is 5.41 Å². The third-order valence-electron chi connectivity index (χ3n) is 12.3. The zero-order valence-electron chi connectivity index (χ0n) is 28.8.